The topological polar surface area (TPSA) is 76.3 Å². The van der Waals surface area contributed by atoms with Crippen LogP contribution in [0.15, 0.2) is 35.1 Å². The molecule has 1 aliphatic rings. The Hall–Kier alpha value is -2.48. The highest BCUT2D eigenvalue weighted by atomic mass is 32.2. The zero-order valence-corrected chi connectivity index (χ0v) is 13.6. The standard InChI is InChI=1S/C15H16N4O3S/c1-10-13(16-9-18-12(20)8-23-15(18)22)14(21)19(17(10)2)11-6-4-3-5-7-11/h3-7,16H,8-9H2,1-2H3. The summed E-state index contributed by atoms with van der Waals surface area (Å²) in [5.41, 5.74) is 1.64. The molecule has 2 heterocycles. The van der Waals surface area contributed by atoms with E-state index in [0.717, 1.165) is 28.0 Å². The molecule has 0 spiro atoms. The molecule has 0 unspecified atom stereocenters. The number of aromatic nitrogens is 2. The van der Waals surface area contributed by atoms with E-state index < -0.39 is 0 Å². The van der Waals surface area contributed by atoms with Crippen molar-refractivity contribution in [1.82, 2.24) is 14.3 Å². The highest BCUT2D eigenvalue weighted by Gasteiger charge is 2.30. The minimum atomic E-state index is -0.292. The molecule has 2 amide bonds. The molecule has 23 heavy (non-hydrogen) atoms. The Morgan fingerprint density at radius 1 is 1.17 bits per heavy atom. The summed E-state index contributed by atoms with van der Waals surface area (Å²) in [6.07, 6.45) is 0. The summed E-state index contributed by atoms with van der Waals surface area (Å²) in [5.74, 6) is -0.0906. The molecule has 2 aromatic rings. The molecule has 0 atom stereocenters. The van der Waals surface area contributed by atoms with Gasteiger partial charge in [0.25, 0.3) is 10.8 Å². The molecule has 1 aromatic carbocycles. The molecule has 1 fully saturated rings. The lowest BCUT2D eigenvalue weighted by Crippen LogP contribution is -2.34. The highest BCUT2D eigenvalue weighted by Crippen LogP contribution is 2.19. The zero-order valence-electron chi connectivity index (χ0n) is 12.8. The molecule has 0 radical (unpaired) electrons. The first-order chi connectivity index (χ1) is 11.0. The predicted octanol–water partition coefficient (Wildman–Crippen LogP) is 1.55. The van der Waals surface area contributed by atoms with E-state index in [2.05, 4.69) is 5.32 Å². The van der Waals surface area contributed by atoms with E-state index in [0.29, 0.717) is 5.69 Å². The van der Waals surface area contributed by atoms with Crippen LogP contribution < -0.4 is 10.9 Å². The second kappa shape index (κ2) is 5.96. The fraction of sp³-hybridized carbons (Fsp3) is 0.267. The molecule has 0 aliphatic carbocycles. The summed E-state index contributed by atoms with van der Waals surface area (Å²) in [5, 5.41) is 2.64. The van der Waals surface area contributed by atoms with Crippen LogP contribution in [0.5, 0.6) is 0 Å². The quantitative estimate of drug-likeness (QED) is 0.919. The number of hydrogen-bond acceptors (Lipinski definition) is 5. The number of carbonyl (C=O) groups excluding carboxylic acids is 2. The van der Waals surface area contributed by atoms with Crippen molar-refractivity contribution >= 4 is 28.6 Å². The van der Waals surface area contributed by atoms with E-state index in [1.54, 1.807) is 16.4 Å². The van der Waals surface area contributed by atoms with Crippen LogP contribution >= 0.6 is 11.8 Å². The lowest BCUT2D eigenvalue weighted by atomic mass is 10.3. The van der Waals surface area contributed by atoms with Gasteiger partial charge in [-0.3, -0.25) is 24.0 Å². The second-order valence-electron chi connectivity index (χ2n) is 5.15. The number of para-hydroxylation sites is 1. The average Bonchev–Trinajstić information content (AvgIpc) is 2.97. The van der Waals surface area contributed by atoms with E-state index >= 15 is 0 Å². The fourth-order valence-corrected chi connectivity index (χ4v) is 3.19. The van der Waals surface area contributed by atoms with Gasteiger partial charge >= 0.3 is 0 Å². The monoisotopic (exact) mass is 332 g/mol. The molecule has 8 heteroatoms. The molecule has 0 saturated carbocycles. The molecule has 1 aliphatic heterocycles. The Morgan fingerprint density at radius 3 is 2.48 bits per heavy atom. The van der Waals surface area contributed by atoms with Crippen molar-refractivity contribution in [2.75, 3.05) is 17.7 Å². The van der Waals surface area contributed by atoms with Crippen LogP contribution in [0.2, 0.25) is 0 Å². The zero-order chi connectivity index (χ0) is 16.6. The van der Waals surface area contributed by atoms with Crippen molar-refractivity contribution in [2.45, 2.75) is 6.92 Å². The molecule has 3 rings (SSSR count). The lowest BCUT2D eigenvalue weighted by molar-refractivity contribution is -0.124. The lowest BCUT2D eigenvalue weighted by Gasteiger charge is -2.13. The number of nitrogens with zero attached hydrogens (tertiary/aromatic N) is 3. The number of hydrogen-bond donors (Lipinski definition) is 1. The molecule has 7 nitrogen and oxygen atoms in total. The molecule has 120 valence electrons. The van der Waals surface area contributed by atoms with Crippen molar-refractivity contribution < 1.29 is 9.59 Å². The summed E-state index contributed by atoms with van der Waals surface area (Å²) in [6, 6.07) is 9.28. The SMILES string of the molecule is Cc1c(NCN2C(=O)CSC2=O)c(=O)n(-c2ccccc2)n1C. The number of rotatable bonds is 4. The first-order valence-corrected chi connectivity index (χ1v) is 8.04. The van der Waals surface area contributed by atoms with Crippen LogP contribution in [0.3, 0.4) is 0 Å². The number of amides is 2. The van der Waals surface area contributed by atoms with Crippen LogP contribution in [-0.2, 0) is 11.8 Å². The van der Waals surface area contributed by atoms with Gasteiger partial charge in [0, 0.05) is 7.05 Å². The third-order valence-electron chi connectivity index (χ3n) is 3.81. The van der Waals surface area contributed by atoms with Crippen molar-refractivity contribution in [3.63, 3.8) is 0 Å². The maximum Gasteiger partial charge on any atom is 0.295 e. The third kappa shape index (κ3) is 2.65. The first kappa shape index (κ1) is 15.4. The van der Waals surface area contributed by atoms with Crippen molar-refractivity contribution in [1.29, 1.82) is 0 Å². The van der Waals surface area contributed by atoms with Gasteiger partial charge < -0.3 is 5.32 Å². The van der Waals surface area contributed by atoms with Gasteiger partial charge in [0.1, 0.15) is 5.69 Å². The summed E-state index contributed by atoms with van der Waals surface area (Å²) >= 11 is 0.971. The Labute approximate surface area is 136 Å². The van der Waals surface area contributed by atoms with Gasteiger partial charge in [-0.2, -0.15) is 0 Å². The molecular formula is C15H16N4O3S. The third-order valence-corrected chi connectivity index (χ3v) is 4.67. The molecular weight excluding hydrogens is 316 g/mol. The maximum atomic E-state index is 12.7. The minimum Gasteiger partial charge on any atom is -0.361 e. The van der Waals surface area contributed by atoms with Gasteiger partial charge in [0.05, 0.1) is 23.8 Å². The van der Waals surface area contributed by atoms with Crippen molar-refractivity contribution in [3.05, 3.63) is 46.4 Å². The number of benzene rings is 1. The van der Waals surface area contributed by atoms with Crippen LogP contribution in [0.25, 0.3) is 5.69 Å². The highest BCUT2D eigenvalue weighted by molar-refractivity contribution is 8.14. The second-order valence-corrected chi connectivity index (χ2v) is 6.07. The van der Waals surface area contributed by atoms with Crippen LogP contribution in [0, 0.1) is 6.92 Å². The van der Waals surface area contributed by atoms with Gasteiger partial charge in [-0.1, -0.05) is 30.0 Å². The largest absolute Gasteiger partial charge is 0.361 e. The maximum absolute atomic E-state index is 12.7. The normalized spacial score (nSPS) is 14.6. The number of carbonyl (C=O) groups is 2. The molecule has 1 saturated heterocycles. The van der Waals surface area contributed by atoms with E-state index in [1.807, 2.05) is 37.3 Å². The van der Waals surface area contributed by atoms with Gasteiger partial charge in [-0.25, -0.2) is 4.68 Å². The van der Waals surface area contributed by atoms with Crippen molar-refractivity contribution in [3.8, 4) is 5.69 Å². The van der Waals surface area contributed by atoms with E-state index in [-0.39, 0.29) is 29.1 Å². The van der Waals surface area contributed by atoms with Crippen LogP contribution in [-0.4, -0.2) is 37.8 Å². The summed E-state index contributed by atoms with van der Waals surface area (Å²) in [7, 11) is 1.79. The van der Waals surface area contributed by atoms with Gasteiger partial charge in [0.15, 0.2) is 0 Å². The summed E-state index contributed by atoms with van der Waals surface area (Å²) in [6.45, 7) is 1.81. The van der Waals surface area contributed by atoms with Gasteiger partial charge in [-0.15, -0.1) is 0 Å². The predicted molar refractivity (Wildman–Crippen MR) is 88.9 cm³/mol. The van der Waals surface area contributed by atoms with Crippen molar-refractivity contribution in [2.24, 2.45) is 7.05 Å². The smallest absolute Gasteiger partial charge is 0.295 e. The number of anilines is 1. The van der Waals surface area contributed by atoms with Gasteiger partial charge in [-0.05, 0) is 19.1 Å². The van der Waals surface area contributed by atoms with Gasteiger partial charge in [0.2, 0.25) is 5.91 Å². The van der Waals surface area contributed by atoms with E-state index in [4.69, 9.17) is 0 Å². The molecule has 1 aromatic heterocycles. The Kier molecular flexibility index (Phi) is 3.99. The minimum absolute atomic E-state index is 0.000447. The average molecular weight is 332 g/mol. The number of imide groups is 1. The van der Waals surface area contributed by atoms with E-state index in [9.17, 15) is 14.4 Å². The Morgan fingerprint density at radius 2 is 1.87 bits per heavy atom. The van der Waals surface area contributed by atoms with E-state index in [1.165, 1.54) is 0 Å². The first-order valence-electron chi connectivity index (χ1n) is 7.05. The molecule has 1 N–H and O–H groups in total. The number of thioether (sulfide) groups is 1. The Bertz CT molecular complexity index is 809. The number of nitrogens with one attached hydrogen (secondary N) is 1. The van der Waals surface area contributed by atoms with Crippen LogP contribution in [0.1, 0.15) is 5.69 Å². The van der Waals surface area contributed by atoms with Crippen LogP contribution in [0.4, 0.5) is 10.5 Å². The molecule has 0 bridgehead atoms. The summed E-state index contributed by atoms with van der Waals surface area (Å²) in [4.78, 5) is 37.0. The fourth-order valence-electron chi connectivity index (χ4n) is 2.46. The Balaban J connectivity index is 1.91. The summed E-state index contributed by atoms with van der Waals surface area (Å²) < 4.78 is 3.28.